The highest BCUT2D eigenvalue weighted by Gasteiger charge is 2.59. The van der Waals surface area contributed by atoms with Crippen LogP contribution in [0.25, 0.3) is 0 Å². The van der Waals surface area contributed by atoms with Crippen molar-refractivity contribution in [2.45, 2.75) is 6.42 Å². The Balaban J connectivity index is 1.38. The van der Waals surface area contributed by atoms with E-state index < -0.39 is 5.97 Å². The van der Waals surface area contributed by atoms with Gasteiger partial charge in [-0.2, -0.15) is 10.1 Å². The summed E-state index contributed by atoms with van der Waals surface area (Å²) in [5, 5.41) is 5.49. The first-order valence-corrected chi connectivity index (χ1v) is 10.6. The minimum atomic E-state index is -0.591. The van der Waals surface area contributed by atoms with Crippen molar-refractivity contribution < 1.29 is 23.9 Å². The van der Waals surface area contributed by atoms with Crippen LogP contribution in [0.2, 0.25) is 5.02 Å². The molecule has 1 saturated carbocycles. The third-order valence-electron chi connectivity index (χ3n) is 6.24. The van der Waals surface area contributed by atoms with Gasteiger partial charge in [0.15, 0.2) is 0 Å². The molecular formula is C24H19ClN2O5. The summed E-state index contributed by atoms with van der Waals surface area (Å²) in [6, 6.07) is 11.2. The number of allylic oxidation sites excluding steroid dienone is 2. The summed E-state index contributed by atoms with van der Waals surface area (Å²) in [6.07, 6.45) is 6.23. The van der Waals surface area contributed by atoms with E-state index in [0.29, 0.717) is 21.9 Å². The van der Waals surface area contributed by atoms with Gasteiger partial charge in [0.2, 0.25) is 0 Å². The Morgan fingerprint density at radius 1 is 1.09 bits per heavy atom. The predicted molar refractivity (Wildman–Crippen MR) is 117 cm³/mol. The molecule has 162 valence electrons. The maximum Gasteiger partial charge on any atom is 0.343 e. The van der Waals surface area contributed by atoms with Gasteiger partial charge >= 0.3 is 5.97 Å². The molecular weight excluding hydrogens is 432 g/mol. The molecule has 4 atom stereocenters. The zero-order valence-corrected chi connectivity index (χ0v) is 17.9. The smallest absolute Gasteiger partial charge is 0.343 e. The predicted octanol–water partition coefficient (Wildman–Crippen LogP) is 3.71. The van der Waals surface area contributed by atoms with Crippen molar-refractivity contribution in [3.63, 3.8) is 0 Å². The van der Waals surface area contributed by atoms with Gasteiger partial charge in [-0.15, -0.1) is 0 Å². The SMILES string of the molecule is COc1cccc(C(=O)Oc2ccc(Cl)cc2C=NN2C(=O)C3C4C=CC(C4)C3C2=O)c1. The number of esters is 1. The molecule has 2 bridgehead atoms. The van der Waals surface area contributed by atoms with E-state index in [0.717, 1.165) is 11.4 Å². The molecule has 8 heteroatoms. The van der Waals surface area contributed by atoms with Gasteiger partial charge in [-0.25, -0.2) is 4.79 Å². The second-order valence-corrected chi connectivity index (χ2v) is 8.47. The van der Waals surface area contributed by atoms with Crippen LogP contribution >= 0.6 is 11.6 Å². The van der Waals surface area contributed by atoms with Crippen LogP contribution in [0, 0.1) is 23.7 Å². The summed E-state index contributed by atoms with van der Waals surface area (Å²) in [5.41, 5.74) is 0.676. The topological polar surface area (TPSA) is 85.3 Å². The van der Waals surface area contributed by atoms with Gasteiger partial charge in [0.25, 0.3) is 11.8 Å². The summed E-state index contributed by atoms with van der Waals surface area (Å²) in [5.74, 6) is -0.899. The number of rotatable bonds is 5. The number of hydrogen-bond donors (Lipinski definition) is 0. The van der Waals surface area contributed by atoms with Crippen LogP contribution in [0.4, 0.5) is 0 Å². The first-order valence-electron chi connectivity index (χ1n) is 10.2. The molecule has 0 aromatic heterocycles. The number of benzene rings is 2. The number of carbonyl (C=O) groups excluding carboxylic acids is 3. The molecule has 0 radical (unpaired) electrons. The fraction of sp³-hybridized carbons (Fsp3) is 0.250. The Morgan fingerprint density at radius 2 is 1.81 bits per heavy atom. The van der Waals surface area contributed by atoms with E-state index in [1.54, 1.807) is 36.4 Å². The van der Waals surface area contributed by atoms with Crippen LogP contribution in [0.5, 0.6) is 11.5 Å². The maximum absolute atomic E-state index is 12.8. The van der Waals surface area contributed by atoms with Crippen LogP contribution in [0.3, 0.4) is 0 Å². The summed E-state index contributed by atoms with van der Waals surface area (Å²) < 4.78 is 10.7. The van der Waals surface area contributed by atoms with Crippen LogP contribution < -0.4 is 9.47 Å². The van der Waals surface area contributed by atoms with Crippen molar-refractivity contribution in [1.82, 2.24) is 5.01 Å². The van der Waals surface area contributed by atoms with Gasteiger partial charge < -0.3 is 9.47 Å². The molecule has 32 heavy (non-hydrogen) atoms. The van der Waals surface area contributed by atoms with Crippen molar-refractivity contribution in [2.24, 2.45) is 28.8 Å². The maximum atomic E-state index is 12.8. The highest BCUT2D eigenvalue weighted by atomic mass is 35.5. The number of imide groups is 1. The summed E-state index contributed by atoms with van der Waals surface area (Å²) in [7, 11) is 1.51. The Morgan fingerprint density at radius 3 is 2.50 bits per heavy atom. The largest absolute Gasteiger partial charge is 0.497 e. The quantitative estimate of drug-likeness (QED) is 0.228. The van der Waals surface area contributed by atoms with Crippen molar-refractivity contribution in [3.8, 4) is 11.5 Å². The first-order chi connectivity index (χ1) is 15.5. The van der Waals surface area contributed by atoms with E-state index in [4.69, 9.17) is 21.1 Å². The average molecular weight is 451 g/mol. The third kappa shape index (κ3) is 3.39. The third-order valence-corrected chi connectivity index (χ3v) is 6.47. The molecule has 1 aliphatic heterocycles. The lowest BCUT2D eigenvalue weighted by atomic mass is 9.85. The minimum absolute atomic E-state index is 0.104. The monoisotopic (exact) mass is 450 g/mol. The normalized spacial score (nSPS) is 25.6. The number of halogens is 1. The van der Waals surface area contributed by atoms with Crippen molar-refractivity contribution in [2.75, 3.05) is 7.11 Å². The molecule has 1 heterocycles. The molecule has 2 aliphatic carbocycles. The molecule has 7 nitrogen and oxygen atoms in total. The van der Waals surface area contributed by atoms with Gasteiger partial charge in [0.1, 0.15) is 11.5 Å². The van der Waals surface area contributed by atoms with Gasteiger partial charge in [0.05, 0.1) is 30.7 Å². The number of methoxy groups -OCH3 is 1. The van der Waals surface area contributed by atoms with Gasteiger partial charge in [0, 0.05) is 10.6 Å². The molecule has 5 rings (SSSR count). The highest BCUT2D eigenvalue weighted by molar-refractivity contribution is 6.31. The Hall–Kier alpha value is -3.45. The van der Waals surface area contributed by atoms with E-state index >= 15 is 0 Å². The average Bonchev–Trinajstić information content (AvgIpc) is 3.48. The fourth-order valence-corrected chi connectivity index (χ4v) is 4.92. The fourth-order valence-electron chi connectivity index (χ4n) is 4.74. The number of carbonyl (C=O) groups is 3. The molecule has 2 fully saturated rings. The second kappa shape index (κ2) is 7.91. The van der Waals surface area contributed by atoms with Gasteiger partial charge in [-0.05, 0) is 54.7 Å². The van der Waals surface area contributed by atoms with Crippen molar-refractivity contribution >= 4 is 35.6 Å². The lowest BCUT2D eigenvalue weighted by Gasteiger charge is -2.13. The molecule has 0 N–H and O–H groups in total. The number of amides is 2. The number of fused-ring (bicyclic) bond motifs is 5. The number of ether oxygens (including phenoxy) is 2. The molecule has 1 saturated heterocycles. The van der Waals surface area contributed by atoms with Crippen LogP contribution in [0.1, 0.15) is 22.3 Å². The molecule has 2 amide bonds. The van der Waals surface area contributed by atoms with Crippen LogP contribution in [-0.2, 0) is 9.59 Å². The first kappa shape index (κ1) is 20.5. The van der Waals surface area contributed by atoms with E-state index in [-0.39, 0.29) is 41.2 Å². The number of hydrogen-bond acceptors (Lipinski definition) is 6. The number of hydrazone groups is 1. The molecule has 2 aromatic rings. The minimum Gasteiger partial charge on any atom is -0.497 e. The van der Waals surface area contributed by atoms with Gasteiger partial charge in [-0.1, -0.05) is 29.8 Å². The highest BCUT2D eigenvalue weighted by Crippen LogP contribution is 2.52. The zero-order chi connectivity index (χ0) is 22.4. The molecule has 4 unspecified atom stereocenters. The lowest BCUT2D eigenvalue weighted by Crippen LogP contribution is -2.28. The van der Waals surface area contributed by atoms with Gasteiger partial charge in [-0.3, -0.25) is 9.59 Å². The summed E-state index contributed by atoms with van der Waals surface area (Å²) in [4.78, 5) is 38.3. The van der Waals surface area contributed by atoms with Crippen LogP contribution in [0.15, 0.2) is 59.7 Å². The molecule has 3 aliphatic rings. The Labute approximate surface area is 189 Å². The van der Waals surface area contributed by atoms with Crippen LogP contribution in [-0.4, -0.2) is 36.1 Å². The lowest BCUT2D eigenvalue weighted by molar-refractivity contribution is -0.140. The van der Waals surface area contributed by atoms with E-state index in [1.165, 1.54) is 19.4 Å². The Kier molecular flexibility index (Phi) is 5.06. The zero-order valence-electron chi connectivity index (χ0n) is 17.1. The summed E-state index contributed by atoms with van der Waals surface area (Å²) >= 11 is 6.11. The van der Waals surface area contributed by atoms with E-state index in [1.807, 2.05) is 12.2 Å². The van der Waals surface area contributed by atoms with E-state index in [9.17, 15) is 14.4 Å². The number of nitrogens with zero attached hydrogens (tertiary/aromatic N) is 2. The van der Waals surface area contributed by atoms with Crippen molar-refractivity contribution in [1.29, 1.82) is 0 Å². The molecule has 2 aromatic carbocycles. The summed E-state index contributed by atoms with van der Waals surface area (Å²) in [6.45, 7) is 0. The van der Waals surface area contributed by atoms with Crippen molar-refractivity contribution in [3.05, 3.63) is 70.8 Å². The Bertz CT molecular complexity index is 1160. The molecule has 0 spiro atoms. The van der Waals surface area contributed by atoms with E-state index in [2.05, 4.69) is 5.10 Å². The second-order valence-electron chi connectivity index (χ2n) is 8.04. The standard InChI is InChI=1S/C24H19ClN2O5/c1-31-18-4-2-3-15(11-18)24(30)32-19-8-7-17(25)10-16(19)12-26-27-22(28)20-13-5-6-14(9-13)21(20)23(27)29/h2-8,10-14,20-21H,9H2,1H3.